The van der Waals surface area contributed by atoms with Crippen LogP contribution in [0.25, 0.3) is 6.08 Å². The van der Waals surface area contributed by atoms with Crippen LogP contribution < -0.4 is 0 Å². The van der Waals surface area contributed by atoms with E-state index in [0.29, 0.717) is 6.61 Å². The summed E-state index contributed by atoms with van der Waals surface area (Å²) in [6.45, 7) is 2.38. The molecule has 0 atom stereocenters. The predicted octanol–water partition coefficient (Wildman–Crippen LogP) is 2.56. The number of non-ortho nitro benzene ring substituents is 1. The maximum atomic E-state index is 10.5. The van der Waals surface area contributed by atoms with Gasteiger partial charge < -0.3 is 4.74 Å². The Bertz CT molecular complexity index is 385. The zero-order valence-electron chi connectivity index (χ0n) is 8.77. The molecule has 0 aliphatic heterocycles. The van der Waals surface area contributed by atoms with Gasteiger partial charge in [-0.05, 0) is 24.1 Å². The van der Waals surface area contributed by atoms with Crippen LogP contribution in [0.4, 0.5) is 5.69 Å². The molecule has 1 aromatic carbocycles. The molecule has 0 saturated heterocycles. The van der Waals surface area contributed by atoms with Crippen molar-refractivity contribution >= 4 is 11.8 Å². The van der Waals surface area contributed by atoms with Crippen molar-refractivity contribution in [3.05, 3.63) is 45.5 Å². The van der Waals surface area contributed by atoms with Gasteiger partial charge in [-0.2, -0.15) is 0 Å². The van der Waals surface area contributed by atoms with Crippen molar-refractivity contribution < 1.29 is 9.66 Å². The zero-order valence-corrected chi connectivity index (χ0v) is 8.77. The van der Waals surface area contributed by atoms with Crippen LogP contribution in [-0.2, 0) is 4.74 Å². The Morgan fingerprint density at radius 1 is 1.53 bits per heavy atom. The predicted molar refractivity (Wildman–Crippen MR) is 58.7 cm³/mol. The number of rotatable bonds is 4. The molecule has 80 valence electrons. The number of nitro groups is 1. The molecule has 0 saturated carbocycles. The fraction of sp³-hybridized carbons (Fsp3) is 0.273. The molecule has 0 aliphatic carbocycles. The number of nitro benzene ring substituents is 1. The van der Waals surface area contributed by atoms with Crippen LogP contribution in [0.2, 0.25) is 0 Å². The summed E-state index contributed by atoms with van der Waals surface area (Å²) < 4.78 is 4.87. The molecule has 0 N–H and O–H groups in total. The quantitative estimate of drug-likeness (QED) is 0.563. The summed E-state index contributed by atoms with van der Waals surface area (Å²) in [6, 6.07) is 4.80. The lowest BCUT2D eigenvalue weighted by Crippen LogP contribution is -1.90. The molecular weight excluding hydrogens is 194 g/mol. The van der Waals surface area contributed by atoms with Gasteiger partial charge in [-0.3, -0.25) is 10.1 Å². The average molecular weight is 207 g/mol. The van der Waals surface area contributed by atoms with E-state index >= 15 is 0 Å². The monoisotopic (exact) mass is 207 g/mol. The van der Waals surface area contributed by atoms with Gasteiger partial charge in [0.05, 0.1) is 11.5 Å². The minimum Gasteiger partial charge on any atom is -0.381 e. The molecule has 0 fully saturated rings. The highest BCUT2D eigenvalue weighted by molar-refractivity contribution is 5.56. The van der Waals surface area contributed by atoms with Gasteiger partial charge in [0.1, 0.15) is 0 Å². The first-order valence-corrected chi connectivity index (χ1v) is 4.55. The first kappa shape index (κ1) is 11.4. The van der Waals surface area contributed by atoms with E-state index in [0.717, 1.165) is 11.1 Å². The molecular formula is C11H13NO3. The number of aryl methyl sites for hydroxylation is 1. The molecule has 1 aromatic rings. The second-order valence-corrected chi connectivity index (χ2v) is 3.16. The normalized spacial score (nSPS) is 10.8. The van der Waals surface area contributed by atoms with E-state index in [1.54, 1.807) is 19.2 Å². The number of ether oxygens (including phenoxy) is 1. The third-order valence-corrected chi connectivity index (χ3v) is 2.02. The first-order chi connectivity index (χ1) is 7.15. The van der Waals surface area contributed by atoms with Crippen LogP contribution in [0.3, 0.4) is 0 Å². The maximum Gasteiger partial charge on any atom is 0.269 e. The lowest BCUT2D eigenvalue weighted by atomic mass is 10.1. The van der Waals surface area contributed by atoms with E-state index in [1.165, 1.54) is 6.07 Å². The van der Waals surface area contributed by atoms with Gasteiger partial charge >= 0.3 is 0 Å². The summed E-state index contributed by atoms with van der Waals surface area (Å²) in [6.07, 6.45) is 3.76. The summed E-state index contributed by atoms with van der Waals surface area (Å²) in [4.78, 5) is 10.1. The van der Waals surface area contributed by atoms with Crippen molar-refractivity contribution in [3.8, 4) is 0 Å². The van der Waals surface area contributed by atoms with Crippen molar-refractivity contribution in [1.29, 1.82) is 0 Å². The highest BCUT2D eigenvalue weighted by Gasteiger charge is 2.05. The summed E-state index contributed by atoms with van der Waals surface area (Å²) in [5, 5.41) is 10.5. The molecule has 15 heavy (non-hydrogen) atoms. The largest absolute Gasteiger partial charge is 0.381 e. The van der Waals surface area contributed by atoms with Crippen LogP contribution in [0, 0.1) is 17.0 Å². The molecule has 0 aliphatic rings. The number of hydrogen-bond acceptors (Lipinski definition) is 3. The van der Waals surface area contributed by atoms with Crippen molar-refractivity contribution in [2.75, 3.05) is 13.7 Å². The topological polar surface area (TPSA) is 52.4 Å². The van der Waals surface area contributed by atoms with Gasteiger partial charge in [-0.25, -0.2) is 0 Å². The average Bonchev–Trinajstić information content (AvgIpc) is 2.20. The van der Waals surface area contributed by atoms with Crippen LogP contribution in [0.5, 0.6) is 0 Å². The van der Waals surface area contributed by atoms with Crippen molar-refractivity contribution in [3.63, 3.8) is 0 Å². The van der Waals surface area contributed by atoms with Crippen LogP contribution in [-0.4, -0.2) is 18.6 Å². The van der Waals surface area contributed by atoms with Gasteiger partial charge in [0.2, 0.25) is 0 Å². The number of benzene rings is 1. The van der Waals surface area contributed by atoms with E-state index < -0.39 is 4.92 Å². The fourth-order valence-electron chi connectivity index (χ4n) is 1.23. The highest BCUT2D eigenvalue weighted by atomic mass is 16.6. The smallest absolute Gasteiger partial charge is 0.269 e. The second-order valence-electron chi connectivity index (χ2n) is 3.16. The highest BCUT2D eigenvalue weighted by Crippen LogP contribution is 2.17. The Balaban J connectivity index is 2.88. The third kappa shape index (κ3) is 3.18. The van der Waals surface area contributed by atoms with Crippen molar-refractivity contribution in [2.24, 2.45) is 0 Å². The SMILES string of the molecule is COC/C=C/c1ccc([N+](=O)[O-])cc1C. The van der Waals surface area contributed by atoms with Crippen LogP contribution in [0.15, 0.2) is 24.3 Å². The molecule has 0 radical (unpaired) electrons. The molecule has 0 amide bonds. The Morgan fingerprint density at radius 3 is 2.80 bits per heavy atom. The van der Waals surface area contributed by atoms with Crippen molar-refractivity contribution in [1.82, 2.24) is 0 Å². The van der Waals surface area contributed by atoms with E-state index in [9.17, 15) is 10.1 Å². The molecule has 4 nitrogen and oxygen atoms in total. The summed E-state index contributed by atoms with van der Waals surface area (Å²) in [7, 11) is 1.62. The number of methoxy groups -OCH3 is 1. The summed E-state index contributed by atoms with van der Waals surface area (Å²) in [5.41, 5.74) is 1.98. The Labute approximate surface area is 88.3 Å². The number of hydrogen-bond donors (Lipinski definition) is 0. The van der Waals surface area contributed by atoms with E-state index in [1.807, 2.05) is 19.1 Å². The number of nitrogens with zero attached hydrogens (tertiary/aromatic N) is 1. The van der Waals surface area contributed by atoms with Gasteiger partial charge in [0, 0.05) is 19.2 Å². The van der Waals surface area contributed by atoms with Crippen molar-refractivity contribution in [2.45, 2.75) is 6.92 Å². The summed E-state index contributed by atoms with van der Waals surface area (Å²) >= 11 is 0. The Hall–Kier alpha value is -1.68. The Kier molecular flexibility index (Phi) is 4.00. The van der Waals surface area contributed by atoms with E-state index in [-0.39, 0.29) is 5.69 Å². The summed E-state index contributed by atoms with van der Waals surface area (Å²) in [5.74, 6) is 0. The second kappa shape index (κ2) is 5.26. The zero-order chi connectivity index (χ0) is 11.3. The molecule has 0 aromatic heterocycles. The molecule has 1 rings (SSSR count). The first-order valence-electron chi connectivity index (χ1n) is 4.55. The van der Waals surface area contributed by atoms with E-state index in [2.05, 4.69) is 0 Å². The molecule has 0 unspecified atom stereocenters. The van der Waals surface area contributed by atoms with Crippen LogP contribution in [0.1, 0.15) is 11.1 Å². The third-order valence-electron chi connectivity index (χ3n) is 2.02. The van der Waals surface area contributed by atoms with Gasteiger partial charge in [-0.1, -0.05) is 12.2 Å². The molecule has 0 heterocycles. The standard InChI is InChI=1S/C11H13NO3/c1-9-8-11(12(13)14)6-5-10(9)4-3-7-15-2/h3-6,8H,7H2,1-2H3/b4-3+. The maximum absolute atomic E-state index is 10.5. The van der Waals surface area contributed by atoms with Gasteiger partial charge in [0.25, 0.3) is 5.69 Å². The lowest BCUT2D eigenvalue weighted by Gasteiger charge is -1.99. The van der Waals surface area contributed by atoms with E-state index in [4.69, 9.17) is 4.74 Å². The Morgan fingerprint density at radius 2 is 2.27 bits per heavy atom. The molecule has 0 spiro atoms. The van der Waals surface area contributed by atoms with Gasteiger partial charge in [-0.15, -0.1) is 0 Å². The van der Waals surface area contributed by atoms with Gasteiger partial charge in [0.15, 0.2) is 0 Å². The lowest BCUT2D eigenvalue weighted by molar-refractivity contribution is -0.384. The minimum atomic E-state index is -0.393. The molecule has 0 bridgehead atoms. The fourth-order valence-corrected chi connectivity index (χ4v) is 1.23. The minimum absolute atomic E-state index is 0.122. The van der Waals surface area contributed by atoms with Crippen LogP contribution >= 0.6 is 0 Å². The molecule has 4 heteroatoms.